The number of aromatic nitrogens is 3. The summed E-state index contributed by atoms with van der Waals surface area (Å²) in [6.45, 7) is 0. The second-order valence-corrected chi connectivity index (χ2v) is 2.43. The Bertz CT molecular complexity index is 432. The molecule has 0 aromatic carbocycles. The fraction of sp³-hybridized carbons (Fsp3) is 0.200. The van der Waals surface area contributed by atoms with Crippen LogP contribution in [0.25, 0.3) is 0 Å². The van der Waals surface area contributed by atoms with Gasteiger partial charge in [-0.3, -0.25) is 14.5 Å². The smallest absolute Gasteiger partial charge is 0.362 e. The Morgan fingerprint density at radius 1 is 1.75 bits per heavy atom. The lowest BCUT2D eigenvalue weighted by molar-refractivity contribution is 0.0686. The minimum atomic E-state index is -1.37. The Kier molecular flexibility index (Phi) is 2.05. The molecule has 1 aromatic rings. The van der Waals surface area contributed by atoms with Crippen LogP contribution >= 0.6 is 12.2 Å². The number of carboxylic acid groups (broad SMARTS) is 1. The summed E-state index contributed by atoms with van der Waals surface area (Å²) in [7, 11) is 1.37. The van der Waals surface area contributed by atoms with Gasteiger partial charge in [-0.05, 0) is 12.2 Å². The first-order chi connectivity index (χ1) is 5.54. The van der Waals surface area contributed by atoms with Crippen molar-refractivity contribution in [3.8, 4) is 0 Å². The summed E-state index contributed by atoms with van der Waals surface area (Å²) in [5, 5.41) is 14.0. The first-order valence-corrected chi connectivity index (χ1v) is 3.34. The van der Waals surface area contributed by atoms with Gasteiger partial charge in [0.25, 0.3) is 5.56 Å². The van der Waals surface area contributed by atoms with Crippen molar-refractivity contribution in [2.75, 3.05) is 0 Å². The molecule has 7 heteroatoms. The number of carboxylic acids is 1. The molecule has 1 heterocycles. The fourth-order valence-electron chi connectivity index (χ4n) is 0.617. The largest absolute Gasteiger partial charge is 0.476 e. The Morgan fingerprint density at radius 3 is 2.83 bits per heavy atom. The molecule has 0 fully saturated rings. The van der Waals surface area contributed by atoms with Gasteiger partial charge in [-0.1, -0.05) is 0 Å². The average molecular weight is 187 g/mol. The minimum absolute atomic E-state index is 0.0880. The van der Waals surface area contributed by atoms with Crippen LogP contribution in [0.15, 0.2) is 4.79 Å². The molecule has 0 aliphatic heterocycles. The van der Waals surface area contributed by atoms with Gasteiger partial charge in [-0.15, -0.1) is 0 Å². The van der Waals surface area contributed by atoms with E-state index in [4.69, 9.17) is 5.11 Å². The summed E-state index contributed by atoms with van der Waals surface area (Å²) in [4.78, 5) is 21.4. The van der Waals surface area contributed by atoms with Crippen molar-refractivity contribution in [2.24, 2.45) is 7.05 Å². The van der Waals surface area contributed by atoms with Gasteiger partial charge in [0, 0.05) is 7.05 Å². The number of hydrogen-bond acceptors (Lipinski definition) is 4. The number of nitrogens with one attached hydrogen (secondary N) is 1. The highest BCUT2D eigenvalue weighted by molar-refractivity contribution is 7.71. The van der Waals surface area contributed by atoms with Crippen LogP contribution in [-0.4, -0.2) is 25.8 Å². The first kappa shape index (κ1) is 8.60. The normalized spacial score (nSPS) is 9.75. The number of hydrogen-bond donors (Lipinski definition) is 2. The molecule has 6 nitrogen and oxygen atoms in total. The molecule has 1 aromatic heterocycles. The van der Waals surface area contributed by atoms with Gasteiger partial charge in [0.2, 0.25) is 5.69 Å². The molecule has 0 aliphatic carbocycles. The topological polar surface area (TPSA) is 88.0 Å². The van der Waals surface area contributed by atoms with Gasteiger partial charge in [0.05, 0.1) is 0 Å². The van der Waals surface area contributed by atoms with E-state index in [-0.39, 0.29) is 4.77 Å². The minimum Gasteiger partial charge on any atom is -0.476 e. The van der Waals surface area contributed by atoms with Crippen molar-refractivity contribution in [3.63, 3.8) is 0 Å². The van der Waals surface area contributed by atoms with Gasteiger partial charge in [-0.2, -0.15) is 5.10 Å². The molecule has 0 amide bonds. The summed E-state index contributed by atoms with van der Waals surface area (Å²) in [6.07, 6.45) is 0. The van der Waals surface area contributed by atoms with E-state index in [2.05, 4.69) is 22.4 Å². The summed E-state index contributed by atoms with van der Waals surface area (Å²) in [5.74, 6) is -1.37. The van der Waals surface area contributed by atoms with Gasteiger partial charge >= 0.3 is 5.97 Å². The van der Waals surface area contributed by atoms with Gasteiger partial charge in [0.15, 0.2) is 4.77 Å². The Hall–Kier alpha value is -1.50. The van der Waals surface area contributed by atoms with Crippen LogP contribution in [0.3, 0.4) is 0 Å². The lowest BCUT2D eigenvalue weighted by atomic mass is 10.5. The maximum absolute atomic E-state index is 11.1. The predicted molar refractivity (Wildman–Crippen MR) is 41.6 cm³/mol. The predicted octanol–water partition coefficient (Wildman–Crippen LogP) is -0.464. The van der Waals surface area contributed by atoms with Crippen molar-refractivity contribution in [1.29, 1.82) is 0 Å². The standard InChI is InChI=1S/C5H5N3O3S/c1-8-3(9)2(4(10)11)6-7-5(8)12/h1H3,(H,7,12)(H,10,11). The number of rotatable bonds is 1. The monoisotopic (exact) mass is 187 g/mol. The van der Waals surface area contributed by atoms with Gasteiger partial charge < -0.3 is 5.11 Å². The summed E-state index contributed by atoms with van der Waals surface area (Å²) in [5.41, 5.74) is -1.28. The van der Waals surface area contributed by atoms with E-state index >= 15 is 0 Å². The molecule has 0 aliphatic rings. The summed E-state index contributed by atoms with van der Waals surface area (Å²) < 4.78 is 1.09. The number of carbonyl (C=O) groups is 1. The molecule has 1 rings (SSSR count). The molecule has 0 saturated carbocycles. The van der Waals surface area contributed by atoms with E-state index in [1.54, 1.807) is 0 Å². The van der Waals surface area contributed by atoms with Crippen molar-refractivity contribution in [2.45, 2.75) is 0 Å². The molecule has 0 unspecified atom stereocenters. The Labute approximate surface area is 71.5 Å². The highest BCUT2D eigenvalue weighted by atomic mass is 32.1. The van der Waals surface area contributed by atoms with Crippen molar-refractivity contribution in [1.82, 2.24) is 14.8 Å². The highest BCUT2D eigenvalue weighted by Crippen LogP contribution is 1.82. The van der Waals surface area contributed by atoms with E-state index in [0.717, 1.165) is 4.57 Å². The second-order valence-electron chi connectivity index (χ2n) is 2.05. The zero-order valence-electron chi connectivity index (χ0n) is 6.07. The van der Waals surface area contributed by atoms with Crippen molar-refractivity contribution in [3.05, 3.63) is 20.8 Å². The lowest BCUT2D eigenvalue weighted by Crippen LogP contribution is -2.27. The second kappa shape index (κ2) is 2.86. The number of aromatic carboxylic acids is 1. The molecular formula is C5H5N3O3S. The number of aromatic amines is 1. The third kappa shape index (κ3) is 1.26. The first-order valence-electron chi connectivity index (χ1n) is 2.93. The van der Waals surface area contributed by atoms with Crippen LogP contribution in [0.4, 0.5) is 0 Å². The van der Waals surface area contributed by atoms with Crippen molar-refractivity contribution >= 4 is 18.2 Å². The maximum atomic E-state index is 11.1. The van der Waals surface area contributed by atoms with Crippen LogP contribution in [0.1, 0.15) is 10.5 Å². The van der Waals surface area contributed by atoms with Crippen LogP contribution < -0.4 is 5.56 Å². The van der Waals surface area contributed by atoms with Gasteiger partial charge in [-0.25, -0.2) is 4.79 Å². The fourth-order valence-corrected chi connectivity index (χ4v) is 0.745. The molecular weight excluding hydrogens is 182 g/mol. The SMILES string of the molecule is Cn1c(=S)[nH]nc(C(=O)O)c1=O. The zero-order valence-corrected chi connectivity index (χ0v) is 6.88. The summed E-state index contributed by atoms with van der Waals surface area (Å²) in [6, 6.07) is 0. The van der Waals surface area contributed by atoms with Gasteiger partial charge in [0.1, 0.15) is 0 Å². The quantitative estimate of drug-likeness (QED) is 0.580. The van der Waals surface area contributed by atoms with E-state index in [0.29, 0.717) is 0 Å². The Morgan fingerprint density at radius 2 is 2.33 bits per heavy atom. The molecule has 64 valence electrons. The molecule has 0 saturated heterocycles. The van der Waals surface area contributed by atoms with Crippen LogP contribution in [0.2, 0.25) is 0 Å². The molecule has 12 heavy (non-hydrogen) atoms. The lowest BCUT2D eigenvalue weighted by Gasteiger charge is -1.96. The van der Waals surface area contributed by atoms with E-state index in [1.807, 2.05) is 0 Å². The molecule has 0 bridgehead atoms. The third-order valence-electron chi connectivity index (χ3n) is 1.28. The molecule has 2 N–H and O–H groups in total. The highest BCUT2D eigenvalue weighted by Gasteiger charge is 2.11. The van der Waals surface area contributed by atoms with Crippen molar-refractivity contribution < 1.29 is 9.90 Å². The maximum Gasteiger partial charge on any atom is 0.362 e. The van der Waals surface area contributed by atoms with Crippen LogP contribution in [0.5, 0.6) is 0 Å². The Balaban J connectivity index is 3.58. The van der Waals surface area contributed by atoms with E-state index in [9.17, 15) is 9.59 Å². The van der Waals surface area contributed by atoms with Crippen LogP contribution in [0, 0.1) is 4.77 Å². The third-order valence-corrected chi connectivity index (χ3v) is 1.64. The molecule has 0 spiro atoms. The average Bonchev–Trinajstić information content (AvgIpc) is 2.00. The molecule has 0 atom stereocenters. The van der Waals surface area contributed by atoms with Crippen LogP contribution in [-0.2, 0) is 7.05 Å². The number of nitrogens with zero attached hydrogens (tertiary/aromatic N) is 2. The van der Waals surface area contributed by atoms with E-state index in [1.165, 1.54) is 7.05 Å². The van der Waals surface area contributed by atoms with E-state index < -0.39 is 17.2 Å². The number of H-pyrrole nitrogens is 1. The molecule has 0 radical (unpaired) electrons. The zero-order chi connectivity index (χ0) is 9.30. The summed E-state index contributed by atoms with van der Waals surface area (Å²) >= 11 is 4.64.